The summed E-state index contributed by atoms with van der Waals surface area (Å²) in [5.41, 5.74) is 5.97. The van der Waals surface area contributed by atoms with E-state index in [1.54, 1.807) is 12.1 Å². The standard InChI is InChI=1S/C14H19BrN2O3.ClH/c1-3-14(4-2,7-16)17-13(18)9-5-10(15)12-11(6-9)19-8-20-12;/h5-6H,3-4,7-8,16H2,1-2H3,(H,17,18);1H. The van der Waals surface area contributed by atoms with Crippen molar-refractivity contribution in [1.29, 1.82) is 0 Å². The predicted octanol–water partition coefficient (Wildman–Crippen LogP) is 2.85. The van der Waals surface area contributed by atoms with Gasteiger partial charge in [-0.25, -0.2) is 0 Å². The second-order valence-corrected chi connectivity index (χ2v) is 5.69. The molecule has 3 N–H and O–H groups in total. The molecule has 21 heavy (non-hydrogen) atoms. The van der Waals surface area contributed by atoms with Crippen LogP contribution in [0.3, 0.4) is 0 Å². The number of nitrogens with two attached hydrogens (primary N) is 1. The second-order valence-electron chi connectivity index (χ2n) is 4.84. The Morgan fingerprint density at radius 3 is 2.62 bits per heavy atom. The van der Waals surface area contributed by atoms with Crippen molar-refractivity contribution in [2.24, 2.45) is 5.73 Å². The van der Waals surface area contributed by atoms with E-state index in [9.17, 15) is 4.79 Å². The molecular formula is C14H20BrClN2O3. The van der Waals surface area contributed by atoms with Crippen LogP contribution < -0.4 is 20.5 Å². The van der Waals surface area contributed by atoms with Gasteiger partial charge in [0.25, 0.3) is 5.91 Å². The third kappa shape index (κ3) is 3.62. The number of rotatable bonds is 5. The first-order valence-electron chi connectivity index (χ1n) is 6.67. The van der Waals surface area contributed by atoms with Crippen LogP contribution in [0.1, 0.15) is 37.0 Å². The van der Waals surface area contributed by atoms with Gasteiger partial charge in [0.1, 0.15) is 0 Å². The Labute approximate surface area is 139 Å². The molecule has 0 saturated carbocycles. The van der Waals surface area contributed by atoms with Crippen molar-refractivity contribution < 1.29 is 14.3 Å². The lowest BCUT2D eigenvalue weighted by atomic mass is 9.92. The fourth-order valence-corrected chi connectivity index (χ4v) is 2.73. The van der Waals surface area contributed by atoms with Crippen LogP contribution in [0.2, 0.25) is 0 Å². The molecule has 0 aliphatic carbocycles. The van der Waals surface area contributed by atoms with E-state index in [0.29, 0.717) is 28.1 Å². The van der Waals surface area contributed by atoms with Crippen molar-refractivity contribution in [2.75, 3.05) is 13.3 Å². The quantitative estimate of drug-likeness (QED) is 0.825. The molecule has 1 aliphatic heterocycles. The van der Waals surface area contributed by atoms with E-state index in [1.807, 2.05) is 13.8 Å². The summed E-state index contributed by atoms with van der Waals surface area (Å²) in [5.74, 6) is 1.06. The smallest absolute Gasteiger partial charge is 0.251 e. The van der Waals surface area contributed by atoms with Gasteiger partial charge in [-0.15, -0.1) is 12.4 Å². The Morgan fingerprint density at radius 2 is 2.05 bits per heavy atom. The molecule has 1 heterocycles. The number of amides is 1. The van der Waals surface area contributed by atoms with E-state index < -0.39 is 0 Å². The van der Waals surface area contributed by atoms with Gasteiger partial charge in [-0.2, -0.15) is 0 Å². The van der Waals surface area contributed by atoms with E-state index in [0.717, 1.165) is 12.8 Å². The zero-order chi connectivity index (χ0) is 14.8. The lowest BCUT2D eigenvalue weighted by Crippen LogP contribution is -2.52. The molecule has 0 saturated heterocycles. The zero-order valence-corrected chi connectivity index (χ0v) is 14.5. The SMILES string of the molecule is CCC(CC)(CN)NC(=O)c1cc(Br)c2c(c1)OCO2.Cl. The Kier molecular flexibility index (Phi) is 6.31. The van der Waals surface area contributed by atoms with Crippen LogP contribution >= 0.6 is 28.3 Å². The number of nitrogens with one attached hydrogen (secondary N) is 1. The van der Waals surface area contributed by atoms with Gasteiger partial charge in [0.05, 0.1) is 10.0 Å². The highest BCUT2D eigenvalue weighted by atomic mass is 79.9. The summed E-state index contributed by atoms with van der Waals surface area (Å²) in [4.78, 5) is 12.4. The van der Waals surface area contributed by atoms with Crippen molar-refractivity contribution in [3.63, 3.8) is 0 Å². The Hall–Kier alpha value is -0.980. The largest absolute Gasteiger partial charge is 0.454 e. The Morgan fingerprint density at radius 1 is 1.38 bits per heavy atom. The van der Waals surface area contributed by atoms with Crippen molar-refractivity contribution in [1.82, 2.24) is 5.32 Å². The molecule has 7 heteroatoms. The first kappa shape index (κ1) is 18.1. The number of carbonyl (C=O) groups excluding carboxylic acids is 1. The summed E-state index contributed by atoms with van der Waals surface area (Å²) >= 11 is 3.39. The minimum Gasteiger partial charge on any atom is -0.454 e. The fourth-order valence-electron chi connectivity index (χ4n) is 2.18. The van der Waals surface area contributed by atoms with Crippen molar-refractivity contribution in [3.8, 4) is 11.5 Å². The van der Waals surface area contributed by atoms with Gasteiger partial charge >= 0.3 is 0 Å². The molecule has 1 aromatic rings. The molecule has 0 radical (unpaired) electrons. The molecule has 0 unspecified atom stereocenters. The monoisotopic (exact) mass is 378 g/mol. The lowest BCUT2D eigenvalue weighted by Gasteiger charge is -2.31. The van der Waals surface area contributed by atoms with Crippen LogP contribution in [0.25, 0.3) is 0 Å². The highest BCUT2D eigenvalue weighted by Crippen LogP contribution is 2.40. The van der Waals surface area contributed by atoms with Gasteiger partial charge in [-0.1, -0.05) is 13.8 Å². The molecule has 0 atom stereocenters. The number of benzene rings is 1. The number of halogens is 2. The number of hydrogen-bond acceptors (Lipinski definition) is 4. The van der Waals surface area contributed by atoms with E-state index in [-0.39, 0.29) is 30.6 Å². The third-order valence-corrected chi connectivity index (χ3v) is 4.40. The summed E-state index contributed by atoms with van der Waals surface area (Å²) in [5, 5.41) is 3.03. The van der Waals surface area contributed by atoms with Gasteiger partial charge in [0.2, 0.25) is 6.79 Å². The van der Waals surface area contributed by atoms with Crippen LogP contribution in [-0.4, -0.2) is 24.8 Å². The van der Waals surface area contributed by atoms with Crippen LogP contribution in [0, 0.1) is 0 Å². The molecule has 2 rings (SSSR count). The minimum atomic E-state index is -0.361. The Bertz CT molecular complexity index is 513. The summed E-state index contributed by atoms with van der Waals surface area (Å²) in [6.45, 7) is 4.63. The zero-order valence-electron chi connectivity index (χ0n) is 12.1. The molecular weight excluding hydrogens is 360 g/mol. The predicted molar refractivity (Wildman–Crippen MR) is 87.3 cm³/mol. The van der Waals surface area contributed by atoms with E-state index in [4.69, 9.17) is 15.2 Å². The van der Waals surface area contributed by atoms with Crippen molar-refractivity contribution >= 4 is 34.2 Å². The lowest BCUT2D eigenvalue weighted by molar-refractivity contribution is 0.0894. The maximum Gasteiger partial charge on any atom is 0.251 e. The summed E-state index contributed by atoms with van der Waals surface area (Å²) in [7, 11) is 0. The van der Waals surface area contributed by atoms with Crippen LogP contribution in [0.5, 0.6) is 11.5 Å². The van der Waals surface area contributed by atoms with Gasteiger partial charge in [-0.05, 0) is 40.9 Å². The minimum absolute atomic E-state index is 0. The number of ether oxygens (including phenoxy) is 2. The average Bonchev–Trinajstić information content (AvgIpc) is 2.93. The number of fused-ring (bicyclic) bond motifs is 1. The highest BCUT2D eigenvalue weighted by molar-refractivity contribution is 9.10. The maximum absolute atomic E-state index is 12.4. The van der Waals surface area contributed by atoms with Gasteiger partial charge < -0.3 is 20.5 Å². The summed E-state index contributed by atoms with van der Waals surface area (Å²) < 4.78 is 11.3. The molecule has 0 bridgehead atoms. The maximum atomic E-state index is 12.4. The first-order valence-corrected chi connectivity index (χ1v) is 7.46. The van der Waals surface area contributed by atoms with Crippen molar-refractivity contribution in [2.45, 2.75) is 32.2 Å². The topological polar surface area (TPSA) is 73.6 Å². The number of carbonyl (C=O) groups is 1. The van der Waals surface area contributed by atoms with Crippen LogP contribution in [-0.2, 0) is 0 Å². The number of hydrogen-bond donors (Lipinski definition) is 2. The van der Waals surface area contributed by atoms with E-state index in [1.165, 1.54) is 0 Å². The second kappa shape index (κ2) is 7.33. The molecule has 0 fully saturated rings. The van der Waals surface area contributed by atoms with Crippen LogP contribution in [0.15, 0.2) is 16.6 Å². The normalized spacial score (nSPS) is 12.8. The van der Waals surface area contributed by atoms with E-state index in [2.05, 4.69) is 21.2 Å². The van der Waals surface area contributed by atoms with Crippen molar-refractivity contribution in [3.05, 3.63) is 22.2 Å². The van der Waals surface area contributed by atoms with Gasteiger partial charge in [0.15, 0.2) is 11.5 Å². The molecule has 1 aromatic carbocycles. The van der Waals surface area contributed by atoms with E-state index >= 15 is 0 Å². The third-order valence-electron chi connectivity index (χ3n) is 3.81. The molecule has 118 valence electrons. The Balaban J connectivity index is 0.00000220. The summed E-state index contributed by atoms with van der Waals surface area (Å²) in [6.07, 6.45) is 1.58. The highest BCUT2D eigenvalue weighted by Gasteiger charge is 2.28. The molecule has 0 aromatic heterocycles. The molecule has 0 spiro atoms. The molecule has 5 nitrogen and oxygen atoms in total. The van der Waals surface area contributed by atoms with Gasteiger partial charge in [-0.3, -0.25) is 4.79 Å². The summed E-state index contributed by atoms with van der Waals surface area (Å²) in [6, 6.07) is 3.42. The molecule has 1 amide bonds. The average molecular weight is 380 g/mol. The fraction of sp³-hybridized carbons (Fsp3) is 0.500. The molecule has 1 aliphatic rings. The van der Waals surface area contributed by atoms with Gasteiger partial charge in [0, 0.05) is 12.1 Å². The van der Waals surface area contributed by atoms with Crippen LogP contribution in [0.4, 0.5) is 0 Å². The first-order chi connectivity index (χ1) is 9.55.